The molecule has 2 unspecified atom stereocenters. The van der Waals surface area contributed by atoms with Crippen molar-refractivity contribution in [3.63, 3.8) is 0 Å². The molecule has 0 spiro atoms. The Labute approximate surface area is 91.0 Å². The number of amides is 1. The van der Waals surface area contributed by atoms with Crippen molar-refractivity contribution in [3.8, 4) is 0 Å². The van der Waals surface area contributed by atoms with Gasteiger partial charge in [-0.3, -0.25) is 4.79 Å². The summed E-state index contributed by atoms with van der Waals surface area (Å²) in [6.07, 6.45) is 2.62. The van der Waals surface area contributed by atoms with Gasteiger partial charge in [0.05, 0.1) is 18.8 Å². The molecule has 0 aromatic heterocycles. The van der Waals surface area contributed by atoms with E-state index in [1.54, 1.807) is 0 Å². The van der Waals surface area contributed by atoms with Gasteiger partial charge in [-0.2, -0.15) is 0 Å². The van der Waals surface area contributed by atoms with E-state index in [4.69, 9.17) is 4.74 Å². The molecule has 0 aromatic carbocycles. The molecule has 4 nitrogen and oxygen atoms in total. The van der Waals surface area contributed by atoms with Crippen molar-refractivity contribution < 1.29 is 9.53 Å². The summed E-state index contributed by atoms with van der Waals surface area (Å²) in [7, 11) is 0. The van der Waals surface area contributed by atoms with Crippen LogP contribution in [0.4, 0.5) is 0 Å². The number of nitrogens with one attached hydrogen (secondary N) is 1. The second kappa shape index (κ2) is 4.49. The van der Waals surface area contributed by atoms with Crippen molar-refractivity contribution in [2.45, 2.75) is 44.9 Å². The van der Waals surface area contributed by atoms with Crippen molar-refractivity contribution in [1.29, 1.82) is 0 Å². The Hall–Kier alpha value is -0.610. The van der Waals surface area contributed by atoms with Gasteiger partial charge < -0.3 is 15.0 Å². The Morgan fingerprint density at radius 2 is 2.27 bits per heavy atom. The summed E-state index contributed by atoms with van der Waals surface area (Å²) in [6, 6.07) is 0.546. The van der Waals surface area contributed by atoms with Crippen LogP contribution in [-0.2, 0) is 9.53 Å². The number of hydrogen-bond acceptors (Lipinski definition) is 3. The summed E-state index contributed by atoms with van der Waals surface area (Å²) >= 11 is 0. The molecule has 2 atom stereocenters. The van der Waals surface area contributed by atoms with Gasteiger partial charge in [0, 0.05) is 19.1 Å². The lowest BCUT2D eigenvalue weighted by molar-refractivity contribution is -0.140. The second-order valence-electron chi connectivity index (χ2n) is 4.63. The summed E-state index contributed by atoms with van der Waals surface area (Å²) in [6.45, 7) is 6.11. The van der Waals surface area contributed by atoms with Crippen LogP contribution in [0, 0.1) is 0 Å². The third kappa shape index (κ3) is 2.92. The third-order valence-electron chi connectivity index (χ3n) is 2.99. The first-order valence-electron chi connectivity index (χ1n) is 5.83. The number of morpholine rings is 1. The third-order valence-corrected chi connectivity index (χ3v) is 2.99. The largest absolute Gasteiger partial charge is 0.375 e. The van der Waals surface area contributed by atoms with E-state index in [-0.39, 0.29) is 18.1 Å². The van der Waals surface area contributed by atoms with Crippen LogP contribution in [0.1, 0.15) is 26.7 Å². The van der Waals surface area contributed by atoms with E-state index in [0.29, 0.717) is 12.6 Å². The minimum atomic E-state index is -0.0391. The van der Waals surface area contributed by atoms with Crippen LogP contribution in [0.15, 0.2) is 0 Å². The highest BCUT2D eigenvalue weighted by Gasteiger charge is 2.29. The van der Waals surface area contributed by atoms with Gasteiger partial charge in [0.15, 0.2) is 0 Å². The van der Waals surface area contributed by atoms with Crippen LogP contribution >= 0.6 is 0 Å². The number of carbonyl (C=O) groups is 1. The molecule has 2 fully saturated rings. The Kier molecular flexibility index (Phi) is 3.26. The summed E-state index contributed by atoms with van der Waals surface area (Å²) < 4.78 is 5.42. The Bertz CT molecular complexity index is 241. The first-order chi connectivity index (χ1) is 7.16. The lowest BCUT2D eigenvalue weighted by atomic mass is 10.2. The fourth-order valence-electron chi connectivity index (χ4n) is 1.97. The predicted octanol–water partition coefficient (Wildman–Crippen LogP) is 0.374. The van der Waals surface area contributed by atoms with Crippen LogP contribution in [0.3, 0.4) is 0 Å². The van der Waals surface area contributed by atoms with Crippen molar-refractivity contribution >= 4 is 5.91 Å². The molecular formula is C11H20N2O2. The highest BCUT2D eigenvalue weighted by atomic mass is 16.5. The maximum atomic E-state index is 12.0. The molecule has 1 aliphatic heterocycles. The monoisotopic (exact) mass is 212 g/mol. The predicted molar refractivity (Wildman–Crippen MR) is 57.6 cm³/mol. The van der Waals surface area contributed by atoms with Crippen molar-refractivity contribution in [2.24, 2.45) is 0 Å². The second-order valence-corrected chi connectivity index (χ2v) is 4.63. The molecule has 86 valence electrons. The number of nitrogens with zero attached hydrogens (tertiary/aromatic N) is 1. The molecule has 1 amide bonds. The fourth-order valence-corrected chi connectivity index (χ4v) is 1.97. The molecule has 15 heavy (non-hydrogen) atoms. The highest BCUT2D eigenvalue weighted by molar-refractivity contribution is 5.81. The van der Waals surface area contributed by atoms with Crippen LogP contribution in [0.5, 0.6) is 0 Å². The van der Waals surface area contributed by atoms with Gasteiger partial charge in [-0.15, -0.1) is 0 Å². The number of ether oxygens (including phenoxy) is 1. The zero-order valence-corrected chi connectivity index (χ0v) is 9.53. The molecule has 4 heteroatoms. The molecule has 2 rings (SSSR count). The fraction of sp³-hybridized carbons (Fsp3) is 0.909. The normalized spacial score (nSPS) is 28.9. The molecule has 0 bridgehead atoms. The van der Waals surface area contributed by atoms with E-state index in [0.717, 1.165) is 13.1 Å². The van der Waals surface area contributed by atoms with E-state index in [9.17, 15) is 4.79 Å². The Morgan fingerprint density at radius 3 is 2.87 bits per heavy atom. The molecule has 1 saturated carbocycles. The van der Waals surface area contributed by atoms with E-state index in [1.807, 2.05) is 18.7 Å². The van der Waals surface area contributed by atoms with Gasteiger partial charge in [-0.25, -0.2) is 0 Å². The van der Waals surface area contributed by atoms with Gasteiger partial charge >= 0.3 is 0 Å². The van der Waals surface area contributed by atoms with E-state index in [2.05, 4.69) is 5.32 Å². The van der Waals surface area contributed by atoms with Crippen LogP contribution in [-0.4, -0.2) is 48.7 Å². The van der Waals surface area contributed by atoms with Gasteiger partial charge in [0.25, 0.3) is 0 Å². The molecule has 1 saturated heterocycles. The highest BCUT2D eigenvalue weighted by Crippen LogP contribution is 2.19. The van der Waals surface area contributed by atoms with Crippen molar-refractivity contribution in [2.75, 3.05) is 19.7 Å². The Balaban J connectivity index is 1.82. The van der Waals surface area contributed by atoms with Crippen molar-refractivity contribution in [1.82, 2.24) is 10.2 Å². The maximum Gasteiger partial charge on any atom is 0.239 e. The van der Waals surface area contributed by atoms with Gasteiger partial charge in [0.1, 0.15) is 0 Å². The van der Waals surface area contributed by atoms with Gasteiger partial charge in [-0.1, -0.05) is 0 Å². The zero-order valence-electron chi connectivity index (χ0n) is 9.53. The van der Waals surface area contributed by atoms with E-state index >= 15 is 0 Å². The quantitative estimate of drug-likeness (QED) is 0.735. The average Bonchev–Trinajstić information content (AvgIpc) is 3.00. The van der Waals surface area contributed by atoms with Crippen LogP contribution in [0.2, 0.25) is 0 Å². The topological polar surface area (TPSA) is 41.6 Å². The molecule has 1 N–H and O–H groups in total. The molecule has 1 heterocycles. The van der Waals surface area contributed by atoms with E-state index in [1.165, 1.54) is 12.8 Å². The van der Waals surface area contributed by atoms with Crippen LogP contribution < -0.4 is 5.32 Å². The summed E-state index contributed by atoms with van der Waals surface area (Å²) in [5.74, 6) is 0.219. The maximum absolute atomic E-state index is 12.0. The zero-order chi connectivity index (χ0) is 10.8. The lowest BCUT2D eigenvalue weighted by Gasteiger charge is -2.33. The molecule has 0 radical (unpaired) electrons. The number of hydrogen-bond donors (Lipinski definition) is 1. The minimum absolute atomic E-state index is 0.0391. The molecular weight excluding hydrogens is 192 g/mol. The summed E-state index contributed by atoms with van der Waals surface area (Å²) in [5.41, 5.74) is 0. The molecule has 1 aliphatic carbocycles. The summed E-state index contributed by atoms with van der Waals surface area (Å²) in [4.78, 5) is 13.9. The number of rotatable bonds is 3. The van der Waals surface area contributed by atoms with Gasteiger partial charge in [-0.05, 0) is 26.7 Å². The SMILES string of the molecule is CC1CN(C(=O)C(C)NC2CC2)CCO1. The molecule has 2 aliphatic rings. The van der Waals surface area contributed by atoms with Gasteiger partial charge in [0.2, 0.25) is 5.91 Å². The first kappa shape index (κ1) is 10.9. The summed E-state index contributed by atoms with van der Waals surface area (Å²) in [5, 5.41) is 3.33. The first-order valence-corrected chi connectivity index (χ1v) is 5.83. The average molecular weight is 212 g/mol. The minimum Gasteiger partial charge on any atom is -0.375 e. The van der Waals surface area contributed by atoms with Crippen molar-refractivity contribution in [3.05, 3.63) is 0 Å². The van der Waals surface area contributed by atoms with E-state index < -0.39 is 0 Å². The Morgan fingerprint density at radius 1 is 1.53 bits per heavy atom. The molecule has 0 aromatic rings. The standard InChI is InChI=1S/C11H20N2O2/c1-8-7-13(5-6-15-8)11(14)9(2)12-10-3-4-10/h8-10,12H,3-7H2,1-2H3. The van der Waals surface area contributed by atoms with Crippen LogP contribution in [0.25, 0.3) is 0 Å². The smallest absolute Gasteiger partial charge is 0.239 e. The lowest BCUT2D eigenvalue weighted by Crippen LogP contribution is -2.51. The number of carbonyl (C=O) groups excluding carboxylic acids is 1.